The Balaban J connectivity index is 2.31. The number of aromatic nitrogens is 1. The van der Waals surface area contributed by atoms with E-state index < -0.39 is 0 Å². The first-order valence-corrected chi connectivity index (χ1v) is 6.12. The van der Waals surface area contributed by atoms with Crippen LogP contribution in [0.3, 0.4) is 0 Å². The number of ether oxygens (including phenoxy) is 2. The van der Waals surface area contributed by atoms with Crippen molar-refractivity contribution < 1.29 is 9.47 Å². The van der Waals surface area contributed by atoms with Crippen LogP contribution in [0, 0.1) is 0 Å². The average molecular weight is 301 g/mol. The highest BCUT2D eigenvalue weighted by Gasteiger charge is 1.97. The molecule has 1 aromatic heterocycles. The molecular weight excluding hydrogens is 284 g/mol. The summed E-state index contributed by atoms with van der Waals surface area (Å²) in [5.74, 6) is 0.742. The molecule has 0 saturated carbocycles. The Labute approximate surface area is 110 Å². The molecule has 0 radical (unpaired) electrons. The van der Waals surface area contributed by atoms with Crippen molar-refractivity contribution >= 4 is 15.9 Å². The topological polar surface area (TPSA) is 43.4 Å². The van der Waals surface area contributed by atoms with Crippen molar-refractivity contribution in [1.82, 2.24) is 10.3 Å². The Kier molecular flexibility index (Phi) is 6.84. The van der Waals surface area contributed by atoms with Crippen LogP contribution in [0.25, 0.3) is 0 Å². The first-order valence-electron chi connectivity index (χ1n) is 5.33. The summed E-state index contributed by atoms with van der Waals surface area (Å²) in [4.78, 5) is 4.28. The summed E-state index contributed by atoms with van der Waals surface area (Å²) >= 11 is 3.23. The SMILES string of the molecule is C=C(Br)COc1ccc(CNCCOC)nc1. The molecule has 1 aromatic rings. The smallest absolute Gasteiger partial charge is 0.138 e. The number of hydrogen-bond donors (Lipinski definition) is 1. The zero-order chi connectivity index (χ0) is 12.5. The molecule has 0 amide bonds. The van der Waals surface area contributed by atoms with Crippen molar-refractivity contribution in [2.24, 2.45) is 0 Å². The molecule has 0 aliphatic heterocycles. The van der Waals surface area contributed by atoms with Crippen molar-refractivity contribution in [2.45, 2.75) is 6.54 Å². The molecule has 94 valence electrons. The molecule has 0 saturated heterocycles. The van der Waals surface area contributed by atoms with E-state index in [0.29, 0.717) is 13.2 Å². The van der Waals surface area contributed by atoms with Crippen LogP contribution in [0.1, 0.15) is 5.69 Å². The van der Waals surface area contributed by atoms with Crippen molar-refractivity contribution in [1.29, 1.82) is 0 Å². The highest BCUT2D eigenvalue weighted by molar-refractivity contribution is 9.11. The van der Waals surface area contributed by atoms with E-state index in [0.717, 1.165) is 29.0 Å². The van der Waals surface area contributed by atoms with E-state index in [-0.39, 0.29) is 0 Å². The van der Waals surface area contributed by atoms with Crippen LogP contribution in [0.2, 0.25) is 0 Å². The first-order chi connectivity index (χ1) is 8.22. The lowest BCUT2D eigenvalue weighted by Gasteiger charge is -2.06. The zero-order valence-corrected chi connectivity index (χ0v) is 11.5. The monoisotopic (exact) mass is 300 g/mol. The van der Waals surface area contributed by atoms with Gasteiger partial charge in [-0.1, -0.05) is 22.5 Å². The van der Waals surface area contributed by atoms with Crippen LogP contribution in [-0.4, -0.2) is 31.9 Å². The standard InChI is InChI=1S/C12H17BrN2O2/c1-10(13)9-17-12-4-3-11(15-8-12)7-14-5-6-16-2/h3-4,8,14H,1,5-7,9H2,2H3. The number of rotatable bonds is 8. The molecule has 0 aliphatic rings. The van der Waals surface area contributed by atoms with Gasteiger partial charge in [-0.25, -0.2) is 0 Å². The van der Waals surface area contributed by atoms with Gasteiger partial charge in [0.15, 0.2) is 0 Å². The number of pyridine rings is 1. The Morgan fingerprint density at radius 1 is 1.53 bits per heavy atom. The minimum Gasteiger partial charge on any atom is -0.487 e. The molecule has 0 aliphatic carbocycles. The number of halogens is 1. The van der Waals surface area contributed by atoms with Crippen LogP contribution in [0.5, 0.6) is 5.75 Å². The lowest BCUT2D eigenvalue weighted by molar-refractivity contribution is 0.199. The summed E-state index contributed by atoms with van der Waals surface area (Å²) in [6.45, 7) is 6.40. The van der Waals surface area contributed by atoms with Crippen molar-refractivity contribution in [3.63, 3.8) is 0 Å². The molecule has 0 bridgehead atoms. The van der Waals surface area contributed by atoms with E-state index in [1.54, 1.807) is 13.3 Å². The maximum Gasteiger partial charge on any atom is 0.138 e. The quantitative estimate of drug-likeness (QED) is 0.747. The Hall–Kier alpha value is -0.910. The van der Waals surface area contributed by atoms with E-state index in [1.807, 2.05) is 12.1 Å². The van der Waals surface area contributed by atoms with E-state index in [9.17, 15) is 0 Å². The number of nitrogens with zero attached hydrogens (tertiary/aromatic N) is 1. The van der Waals surface area contributed by atoms with Gasteiger partial charge >= 0.3 is 0 Å². The molecule has 1 heterocycles. The molecule has 4 nitrogen and oxygen atoms in total. The fraction of sp³-hybridized carbons (Fsp3) is 0.417. The highest BCUT2D eigenvalue weighted by atomic mass is 79.9. The molecule has 0 aromatic carbocycles. The van der Waals surface area contributed by atoms with Gasteiger partial charge in [-0.15, -0.1) is 0 Å². The van der Waals surface area contributed by atoms with Gasteiger partial charge in [-0.2, -0.15) is 0 Å². The largest absolute Gasteiger partial charge is 0.487 e. The lowest BCUT2D eigenvalue weighted by atomic mass is 10.3. The maximum absolute atomic E-state index is 5.42. The van der Waals surface area contributed by atoms with Crippen LogP contribution in [-0.2, 0) is 11.3 Å². The Bertz CT molecular complexity index is 341. The molecule has 0 spiro atoms. The molecule has 0 unspecified atom stereocenters. The second-order valence-electron chi connectivity index (χ2n) is 3.46. The normalized spacial score (nSPS) is 10.2. The lowest BCUT2D eigenvalue weighted by Crippen LogP contribution is -2.19. The summed E-state index contributed by atoms with van der Waals surface area (Å²) in [7, 11) is 1.68. The second kappa shape index (κ2) is 8.22. The predicted octanol–water partition coefficient (Wildman–Crippen LogP) is 2.10. The molecule has 17 heavy (non-hydrogen) atoms. The second-order valence-corrected chi connectivity index (χ2v) is 4.58. The highest BCUT2D eigenvalue weighted by Crippen LogP contribution is 2.11. The van der Waals surface area contributed by atoms with Gasteiger partial charge in [-0.05, 0) is 12.1 Å². The van der Waals surface area contributed by atoms with Crippen molar-refractivity contribution in [3.05, 3.63) is 35.1 Å². The third-order valence-electron chi connectivity index (χ3n) is 1.98. The van der Waals surface area contributed by atoms with Crippen LogP contribution in [0.4, 0.5) is 0 Å². The zero-order valence-electron chi connectivity index (χ0n) is 9.91. The Morgan fingerprint density at radius 3 is 2.94 bits per heavy atom. The molecule has 0 fully saturated rings. The maximum atomic E-state index is 5.42. The van der Waals surface area contributed by atoms with Crippen LogP contribution in [0.15, 0.2) is 29.4 Å². The van der Waals surface area contributed by atoms with Gasteiger partial charge in [0.25, 0.3) is 0 Å². The number of methoxy groups -OCH3 is 1. The van der Waals surface area contributed by atoms with Gasteiger partial charge in [0.05, 0.1) is 18.5 Å². The van der Waals surface area contributed by atoms with E-state index in [2.05, 4.69) is 32.8 Å². The van der Waals surface area contributed by atoms with Gasteiger partial charge in [0, 0.05) is 24.7 Å². The third-order valence-corrected chi connectivity index (χ3v) is 2.21. The number of hydrogen-bond acceptors (Lipinski definition) is 4. The minimum absolute atomic E-state index is 0.452. The van der Waals surface area contributed by atoms with Crippen LogP contribution < -0.4 is 10.1 Å². The Morgan fingerprint density at radius 2 is 2.35 bits per heavy atom. The van der Waals surface area contributed by atoms with Crippen LogP contribution >= 0.6 is 15.9 Å². The summed E-state index contributed by atoms with van der Waals surface area (Å²) in [5, 5.41) is 3.22. The summed E-state index contributed by atoms with van der Waals surface area (Å²) in [5.41, 5.74) is 0.978. The van der Waals surface area contributed by atoms with Gasteiger partial charge in [-0.3, -0.25) is 4.98 Å². The summed E-state index contributed by atoms with van der Waals surface area (Å²) < 4.78 is 11.2. The minimum atomic E-state index is 0.452. The molecule has 0 atom stereocenters. The van der Waals surface area contributed by atoms with E-state index >= 15 is 0 Å². The number of nitrogens with one attached hydrogen (secondary N) is 1. The molecule has 1 rings (SSSR count). The van der Waals surface area contributed by atoms with Crippen molar-refractivity contribution in [2.75, 3.05) is 26.9 Å². The fourth-order valence-corrected chi connectivity index (χ4v) is 1.27. The third kappa shape index (κ3) is 6.41. The predicted molar refractivity (Wildman–Crippen MR) is 71.4 cm³/mol. The molecular formula is C12H17BrN2O2. The average Bonchev–Trinajstić information content (AvgIpc) is 2.33. The molecule has 1 N–H and O–H groups in total. The molecule has 5 heteroatoms. The van der Waals surface area contributed by atoms with E-state index in [1.165, 1.54) is 0 Å². The first kappa shape index (κ1) is 14.2. The van der Waals surface area contributed by atoms with E-state index in [4.69, 9.17) is 9.47 Å². The fourth-order valence-electron chi connectivity index (χ4n) is 1.15. The van der Waals surface area contributed by atoms with Crippen molar-refractivity contribution in [3.8, 4) is 5.75 Å². The van der Waals surface area contributed by atoms with Gasteiger partial charge in [0.2, 0.25) is 0 Å². The van der Waals surface area contributed by atoms with Gasteiger partial charge < -0.3 is 14.8 Å². The van der Waals surface area contributed by atoms with Gasteiger partial charge in [0.1, 0.15) is 12.4 Å². The summed E-state index contributed by atoms with van der Waals surface area (Å²) in [6.07, 6.45) is 1.71. The summed E-state index contributed by atoms with van der Waals surface area (Å²) in [6, 6.07) is 3.84.